The van der Waals surface area contributed by atoms with Crippen LogP contribution in [0, 0.1) is 11.8 Å². The Labute approximate surface area is 130 Å². The summed E-state index contributed by atoms with van der Waals surface area (Å²) in [6.07, 6.45) is -0.00567. The first kappa shape index (κ1) is 17.8. The summed E-state index contributed by atoms with van der Waals surface area (Å²) in [6.45, 7) is 4.04. The lowest BCUT2D eigenvalue weighted by Gasteiger charge is -2.10. The molecule has 0 aromatic heterocycles. The van der Waals surface area contributed by atoms with Crippen molar-refractivity contribution in [2.45, 2.75) is 20.0 Å². The molecule has 0 aliphatic carbocycles. The molecule has 1 aromatic carbocycles. The third-order valence-electron chi connectivity index (χ3n) is 2.37. The van der Waals surface area contributed by atoms with Crippen molar-refractivity contribution in [2.75, 3.05) is 23.6 Å². The number of halogens is 1. The van der Waals surface area contributed by atoms with E-state index in [2.05, 4.69) is 16.6 Å². The first-order chi connectivity index (χ1) is 9.84. The minimum absolute atomic E-state index is 0.00567. The van der Waals surface area contributed by atoms with E-state index in [4.69, 9.17) is 22.1 Å². The number of anilines is 1. The minimum Gasteiger partial charge on any atom is -0.378 e. The Bertz CT molecular complexity index is 633. The molecule has 0 bridgehead atoms. The van der Waals surface area contributed by atoms with Crippen LogP contribution in [0.25, 0.3) is 0 Å². The number of rotatable bonds is 6. The van der Waals surface area contributed by atoms with Crippen molar-refractivity contribution in [3.8, 4) is 11.8 Å². The zero-order valence-electron chi connectivity index (χ0n) is 12.0. The van der Waals surface area contributed by atoms with Crippen molar-refractivity contribution in [1.82, 2.24) is 0 Å². The Morgan fingerprint density at radius 3 is 2.76 bits per heavy atom. The molecule has 0 atom stereocenters. The molecule has 0 radical (unpaired) electrons. The standard InChI is InChI=1S/C14H19ClN2O3S/c1-11(2)20-8-9-21(18,19)17-13-5-6-14(15)12(10-13)4-3-7-16/h5-6,10-11,17H,7-9,16H2,1-2H3. The van der Waals surface area contributed by atoms with Gasteiger partial charge in [-0.1, -0.05) is 23.4 Å². The normalized spacial score (nSPS) is 11.1. The maximum atomic E-state index is 11.9. The van der Waals surface area contributed by atoms with Crippen molar-refractivity contribution in [3.05, 3.63) is 28.8 Å². The smallest absolute Gasteiger partial charge is 0.235 e. The molecular weight excluding hydrogens is 312 g/mol. The zero-order chi connectivity index (χ0) is 15.9. The van der Waals surface area contributed by atoms with Crippen LogP contribution in [0.2, 0.25) is 5.02 Å². The van der Waals surface area contributed by atoms with Gasteiger partial charge in [0.2, 0.25) is 10.0 Å². The van der Waals surface area contributed by atoms with Crippen LogP contribution in [0.4, 0.5) is 5.69 Å². The summed E-state index contributed by atoms with van der Waals surface area (Å²) in [6, 6.07) is 4.74. The summed E-state index contributed by atoms with van der Waals surface area (Å²) in [4.78, 5) is 0. The summed E-state index contributed by atoms with van der Waals surface area (Å²) < 4.78 is 31.5. The summed E-state index contributed by atoms with van der Waals surface area (Å²) >= 11 is 5.98. The van der Waals surface area contributed by atoms with Gasteiger partial charge < -0.3 is 10.5 Å². The maximum absolute atomic E-state index is 11.9. The molecule has 0 unspecified atom stereocenters. The second-order valence-corrected chi connectivity index (χ2v) is 6.79. The number of nitrogens with two attached hydrogens (primary N) is 1. The predicted octanol–water partition coefficient (Wildman–Crippen LogP) is 1.82. The third-order valence-corrected chi connectivity index (χ3v) is 3.95. The van der Waals surface area contributed by atoms with E-state index >= 15 is 0 Å². The van der Waals surface area contributed by atoms with Crippen LogP contribution in [0.1, 0.15) is 19.4 Å². The van der Waals surface area contributed by atoms with Gasteiger partial charge in [-0.2, -0.15) is 0 Å². The van der Waals surface area contributed by atoms with Crippen LogP contribution in [-0.4, -0.2) is 33.4 Å². The van der Waals surface area contributed by atoms with Crippen molar-refractivity contribution in [1.29, 1.82) is 0 Å². The lowest BCUT2D eigenvalue weighted by atomic mass is 10.2. The first-order valence-corrected chi connectivity index (χ1v) is 8.47. The molecule has 5 nitrogen and oxygen atoms in total. The van der Waals surface area contributed by atoms with Gasteiger partial charge in [-0.3, -0.25) is 4.72 Å². The highest BCUT2D eigenvalue weighted by molar-refractivity contribution is 7.92. The van der Waals surface area contributed by atoms with Gasteiger partial charge >= 0.3 is 0 Å². The fraction of sp³-hybridized carbons (Fsp3) is 0.429. The molecule has 3 N–H and O–H groups in total. The van der Waals surface area contributed by atoms with Crippen LogP contribution in [0.5, 0.6) is 0 Å². The number of sulfonamides is 1. The molecule has 1 rings (SSSR count). The van der Waals surface area contributed by atoms with E-state index in [-0.39, 0.29) is 25.0 Å². The molecule has 0 amide bonds. The Kier molecular flexibility index (Phi) is 6.99. The van der Waals surface area contributed by atoms with Gasteiger partial charge in [0.25, 0.3) is 0 Å². The zero-order valence-corrected chi connectivity index (χ0v) is 13.6. The number of ether oxygens (including phenoxy) is 1. The fourth-order valence-electron chi connectivity index (χ4n) is 1.45. The van der Waals surface area contributed by atoms with Gasteiger partial charge in [0.15, 0.2) is 0 Å². The summed E-state index contributed by atoms with van der Waals surface area (Å²) in [5.74, 6) is 5.36. The van der Waals surface area contributed by atoms with Gasteiger partial charge in [0, 0.05) is 11.3 Å². The molecule has 7 heteroatoms. The second-order valence-electron chi connectivity index (χ2n) is 4.54. The number of nitrogens with one attached hydrogen (secondary N) is 1. The van der Waals surface area contributed by atoms with Crippen LogP contribution in [0.3, 0.4) is 0 Å². The molecule has 116 valence electrons. The van der Waals surface area contributed by atoms with E-state index in [9.17, 15) is 8.42 Å². The quantitative estimate of drug-likeness (QED) is 0.779. The van der Waals surface area contributed by atoms with Gasteiger partial charge in [0.05, 0.1) is 30.0 Å². The largest absolute Gasteiger partial charge is 0.378 e. The predicted molar refractivity (Wildman–Crippen MR) is 85.9 cm³/mol. The first-order valence-electron chi connectivity index (χ1n) is 6.44. The molecule has 0 saturated heterocycles. The molecule has 0 aliphatic rings. The van der Waals surface area contributed by atoms with E-state index in [1.54, 1.807) is 18.2 Å². The van der Waals surface area contributed by atoms with Gasteiger partial charge in [-0.05, 0) is 32.0 Å². The topological polar surface area (TPSA) is 81.4 Å². The molecule has 0 aliphatic heterocycles. The number of benzene rings is 1. The molecule has 21 heavy (non-hydrogen) atoms. The van der Waals surface area contributed by atoms with Gasteiger partial charge in [-0.15, -0.1) is 0 Å². The lowest BCUT2D eigenvalue weighted by molar-refractivity contribution is 0.0913. The third kappa shape index (κ3) is 6.82. The van der Waals surface area contributed by atoms with E-state index in [1.165, 1.54) is 0 Å². The van der Waals surface area contributed by atoms with Crippen molar-refractivity contribution in [3.63, 3.8) is 0 Å². The lowest BCUT2D eigenvalue weighted by Crippen LogP contribution is -2.21. The van der Waals surface area contributed by atoms with Gasteiger partial charge in [-0.25, -0.2) is 8.42 Å². The fourth-order valence-corrected chi connectivity index (χ4v) is 2.52. The van der Waals surface area contributed by atoms with E-state index in [0.717, 1.165) is 0 Å². The van der Waals surface area contributed by atoms with E-state index in [0.29, 0.717) is 16.3 Å². The van der Waals surface area contributed by atoms with Gasteiger partial charge in [0.1, 0.15) is 0 Å². The monoisotopic (exact) mass is 330 g/mol. The van der Waals surface area contributed by atoms with E-state index < -0.39 is 10.0 Å². The highest BCUT2D eigenvalue weighted by Gasteiger charge is 2.11. The van der Waals surface area contributed by atoms with E-state index in [1.807, 2.05) is 13.8 Å². The Morgan fingerprint density at radius 2 is 2.14 bits per heavy atom. The molecule has 0 spiro atoms. The van der Waals surface area contributed by atoms with Crippen molar-refractivity contribution in [2.24, 2.45) is 5.73 Å². The van der Waals surface area contributed by atoms with Crippen LogP contribution < -0.4 is 10.5 Å². The van der Waals surface area contributed by atoms with Crippen LogP contribution in [0.15, 0.2) is 18.2 Å². The Balaban J connectivity index is 2.78. The average molecular weight is 331 g/mol. The summed E-state index contributed by atoms with van der Waals surface area (Å²) in [7, 11) is -3.47. The number of hydrogen-bond acceptors (Lipinski definition) is 4. The number of hydrogen-bond donors (Lipinski definition) is 2. The SMILES string of the molecule is CC(C)OCCS(=O)(=O)Nc1ccc(Cl)c(C#CCN)c1. The molecule has 0 heterocycles. The Hall–Kier alpha value is -1.26. The minimum atomic E-state index is -3.47. The van der Waals surface area contributed by atoms with Crippen LogP contribution >= 0.6 is 11.6 Å². The summed E-state index contributed by atoms with van der Waals surface area (Å²) in [5.41, 5.74) is 6.24. The highest BCUT2D eigenvalue weighted by Crippen LogP contribution is 2.20. The second kappa shape index (κ2) is 8.25. The molecule has 0 saturated carbocycles. The average Bonchev–Trinajstić information content (AvgIpc) is 2.38. The highest BCUT2D eigenvalue weighted by atomic mass is 35.5. The molecular formula is C14H19ClN2O3S. The van der Waals surface area contributed by atoms with Crippen molar-refractivity contribution >= 4 is 27.3 Å². The van der Waals surface area contributed by atoms with Crippen molar-refractivity contribution < 1.29 is 13.2 Å². The Morgan fingerprint density at radius 1 is 1.43 bits per heavy atom. The summed E-state index contributed by atoms with van der Waals surface area (Å²) in [5, 5.41) is 0.446. The maximum Gasteiger partial charge on any atom is 0.235 e. The van der Waals surface area contributed by atoms with Crippen LogP contribution in [-0.2, 0) is 14.8 Å². The molecule has 1 aromatic rings. The molecule has 0 fully saturated rings.